The van der Waals surface area contributed by atoms with Gasteiger partial charge >= 0.3 is 0 Å². The van der Waals surface area contributed by atoms with Crippen LogP contribution >= 0.6 is 24.0 Å². The molecule has 7 heteroatoms. The molecule has 0 spiro atoms. The Hall–Kier alpha value is -1.82. The Bertz CT molecular complexity index is 678. The van der Waals surface area contributed by atoms with E-state index in [1.165, 1.54) is 0 Å². The monoisotopic (exact) mass is 355 g/mol. The maximum atomic E-state index is 12.2. The number of ether oxygens (including phenoxy) is 1. The van der Waals surface area contributed by atoms with Gasteiger partial charge in [0.15, 0.2) is 0 Å². The maximum absolute atomic E-state index is 12.2. The Morgan fingerprint density at radius 2 is 2.09 bits per heavy atom. The van der Waals surface area contributed by atoms with Gasteiger partial charge in [-0.05, 0) is 44.2 Å². The molecule has 0 unspecified atom stereocenters. The number of halogens is 2. The van der Waals surface area contributed by atoms with Crippen LogP contribution in [0.2, 0.25) is 5.02 Å². The van der Waals surface area contributed by atoms with Crippen molar-refractivity contribution >= 4 is 35.6 Å². The Balaban J connectivity index is 0.00000264. The predicted octanol–water partition coefficient (Wildman–Crippen LogP) is 3.66. The lowest BCUT2D eigenvalue weighted by Crippen LogP contribution is -2.13. The fourth-order valence-electron chi connectivity index (χ4n) is 1.86. The molecular formula is C16H19Cl2N3O2. The molecule has 0 aliphatic carbocycles. The quantitative estimate of drug-likeness (QED) is 0.857. The number of nitrogens with two attached hydrogens (primary N) is 1. The van der Waals surface area contributed by atoms with E-state index in [1.54, 1.807) is 36.5 Å². The average Bonchev–Trinajstić information content (AvgIpc) is 2.49. The standard InChI is InChI=1S/C16H18ClN3O2.ClH/c1-10(2)22-15-4-3-12(8-14(15)17)20-16(21)11-5-6-19-13(7-11)9-18;/h3-8,10H,9,18H2,1-2H3,(H,20,21);1H. The Kier molecular flexibility index (Phi) is 7.29. The van der Waals surface area contributed by atoms with Crippen molar-refractivity contribution in [3.05, 3.63) is 52.8 Å². The van der Waals surface area contributed by atoms with E-state index < -0.39 is 0 Å². The number of nitrogens with one attached hydrogen (secondary N) is 1. The molecule has 0 radical (unpaired) electrons. The third kappa shape index (κ3) is 5.39. The smallest absolute Gasteiger partial charge is 0.255 e. The highest BCUT2D eigenvalue weighted by Crippen LogP contribution is 2.28. The summed E-state index contributed by atoms with van der Waals surface area (Å²) in [4.78, 5) is 16.3. The first-order valence-electron chi connectivity index (χ1n) is 6.92. The van der Waals surface area contributed by atoms with Gasteiger partial charge in [-0.2, -0.15) is 0 Å². The van der Waals surface area contributed by atoms with Gasteiger partial charge in [0, 0.05) is 24.0 Å². The lowest BCUT2D eigenvalue weighted by molar-refractivity contribution is 0.102. The second-order valence-corrected chi connectivity index (χ2v) is 5.41. The maximum Gasteiger partial charge on any atom is 0.255 e. The van der Waals surface area contributed by atoms with E-state index >= 15 is 0 Å². The minimum Gasteiger partial charge on any atom is -0.489 e. The van der Waals surface area contributed by atoms with Gasteiger partial charge < -0.3 is 15.8 Å². The molecule has 124 valence electrons. The van der Waals surface area contributed by atoms with Gasteiger partial charge in [-0.3, -0.25) is 9.78 Å². The molecule has 0 saturated carbocycles. The summed E-state index contributed by atoms with van der Waals surface area (Å²) in [5.74, 6) is 0.342. The number of benzene rings is 1. The van der Waals surface area contributed by atoms with Gasteiger partial charge in [0.05, 0.1) is 16.8 Å². The molecule has 1 aromatic heterocycles. The molecule has 1 amide bonds. The number of carbonyl (C=O) groups excluding carboxylic acids is 1. The molecule has 0 saturated heterocycles. The van der Waals surface area contributed by atoms with Crippen LogP contribution in [0.3, 0.4) is 0 Å². The highest BCUT2D eigenvalue weighted by Gasteiger charge is 2.10. The molecule has 2 rings (SSSR count). The number of pyridine rings is 1. The molecule has 2 aromatic rings. The molecule has 0 bridgehead atoms. The van der Waals surface area contributed by atoms with Gasteiger partial charge in [0.2, 0.25) is 0 Å². The van der Waals surface area contributed by atoms with Crippen LogP contribution in [-0.4, -0.2) is 17.0 Å². The third-order valence-corrected chi connectivity index (χ3v) is 3.14. The van der Waals surface area contributed by atoms with E-state index in [-0.39, 0.29) is 31.0 Å². The molecular weight excluding hydrogens is 337 g/mol. The fourth-order valence-corrected chi connectivity index (χ4v) is 2.09. The highest BCUT2D eigenvalue weighted by molar-refractivity contribution is 6.32. The van der Waals surface area contributed by atoms with E-state index in [4.69, 9.17) is 22.1 Å². The number of anilines is 1. The van der Waals surface area contributed by atoms with Crippen molar-refractivity contribution in [1.29, 1.82) is 0 Å². The highest BCUT2D eigenvalue weighted by atomic mass is 35.5. The number of aromatic nitrogens is 1. The number of rotatable bonds is 5. The largest absolute Gasteiger partial charge is 0.489 e. The van der Waals surface area contributed by atoms with Gasteiger partial charge in [-0.1, -0.05) is 11.6 Å². The van der Waals surface area contributed by atoms with Crippen LogP contribution in [0, 0.1) is 0 Å². The number of carbonyl (C=O) groups is 1. The van der Waals surface area contributed by atoms with Crippen LogP contribution in [0.5, 0.6) is 5.75 Å². The summed E-state index contributed by atoms with van der Waals surface area (Å²) in [6, 6.07) is 8.42. The van der Waals surface area contributed by atoms with Crippen molar-refractivity contribution in [3.8, 4) is 5.75 Å². The molecule has 3 N–H and O–H groups in total. The van der Waals surface area contributed by atoms with Crippen LogP contribution in [-0.2, 0) is 6.54 Å². The molecule has 0 fully saturated rings. The summed E-state index contributed by atoms with van der Waals surface area (Å²) in [6.45, 7) is 4.13. The van der Waals surface area contributed by atoms with Crippen molar-refractivity contribution in [2.45, 2.75) is 26.5 Å². The summed E-state index contributed by atoms with van der Waals surface area (Å²) in [5.41, 5.74) is 7.27. The Morgan fingerprint density at radius 1 is 1.35 bits per heavy atom. The van der Waals surface area contributed by atoms with Crippen LogP contribution in [0.15, 0.2) is 36.5 Å². The molecule has 5 nitrogen and oxygen atoms in total. The van der Waals surface area contributed by atoms with Crippen LogP contribution in [0.4, 0.5) is 5.69 Å². The van der Waals surface area contributed by atoms with Crippen LogP contribution in [0.25, 0.3) is 0 Å². The minimum absolute atomic E-state index is 0. The molecule has 0 aliphatic heterocycles. The van der Waals surface area contributed by atoms with Crippen molar-refractivity contribution in [3.63, 3.8) is 0 Å². The van der Waals surface area contributed by atoms with Gasteiger partial charge in [0.1, 0.15) is 5.75 Å². The summed E-state index contributed by atoms with van der Waals surface area (Å²) >= 11 is 6.15. The van der Waals surface area contributed by atoms with Gasteiger partial charge in [-0.15, -0.1) is 12.4 Å². The van der Waals surface area contributed by atoms with Crippen LogP contribution in [0.1, 0.15) is 29.9 Å². The topological polar surface area (TPSA) is 77.2 Å². The predicted molar refractivity (Wildman–Crippen MR) is 94.5 cm³/mol. The Labute approximate surface area is 146 Å². The van der Waals surface area contributed by atoms with E-state index in [0.29, 0.717) is 27.7 Å². The molecule has 23 heavy (non-hydrogen) atoms. The summed E-state index contributed by atoms with van der Waals surface area (Å²) < 4.78 is 5.55. The summed E-state index contributed by atoms with van der Waals surface area (Å²) in [6.07, 6.45) is 1.59. The van der Waals surface area contributed by atoms with Crippen molar-refractivity contribution in [2.24, 2.45) is 5.73 Å². The first kappa shape index (κ1) is 19.2. The average molecular weight is 356 g/mol. The van der Waals surface area contributed by atoms with E-state index in [2.05, 4.69) is 10.3 Å². The van der Waals surface area contributed by atoms with E-state index in [0.717, 1.165) is 0 Å². The number of amides is 1. The molecule has 1 aromatic carbocycles. The summed E-state index contributed by atoms with van der Waals surface area (Å²) in [7, 11) is 0. The number of hydrogen-bond donors (Lipinski definition) is 2. The zero-order valence-electron chi connectivity index (χ0n) is 12.9. The van der Waals surface area contributed by atoms with Crippen molar-refractivity contribution in [1.82, 2.24) is 4.98 Å². The number of hydrogen-bond acceptors (Lipinski definition) is 4. The SMILES string of the molecule is CC(C)Oc1ccc(NC(=O)c2ccnc(CN)c2)cc1Cl.Cl. The molecule has 1 heterocycles. The van der Waals surface area contributed by atoms with E-state index in [1.807, 2.05) is 13.8 Å². The van der Waals surface area contributed by atoms with Crippen LogP contribution < -0.4 is 15.8 Å². The van der Waals surface area contributed by atoms with Gasteiger partial charge in [0.25, 0.3) is 5.91 Å². The normalized spacial score (nSPS) is 10.1. The zero-order chi connectivity index (χ0) is 16.1. The minimum atomic E-state index is -0.245. The van der Waals surface area contributed by atoms with Gasteiger partial charge in [-0.25, -0.2) is 0 Å². The zero-order valence-corrected chi connectivity index (χ0v) is 14.4. The first-order chi connectivity index (χ1) is 10.5. The second-order valence-electron chi connectivity index (χ2n) is 5.01. The van der Waals surface area contributed by atoms with Crippen molar-refractivity contribution < 1.29 is 9.53 Å². The first-order valence-corrected chi connectivity index (χ1v) is 7.30. The number of nitrogens with zero attached hydrogens (tertiary/aromatic N) is 1. The lowest BCUT2D eigenvalue weighted by atomic mass is 10.2. The third-order valence-electron chi connectivity index (χ3n) is 2.84. The van der Waals surface area contributed by atoms with Crippen molar-refractivity contribution in [2.75, 3.05) is 5.32 Å². The Morgan fingerprint density at radius 3 is 2.70 bits per heavy atom. The lowest BCUT2D eigenvalue weighted by Gasteiger charge is -2.13. The summed E-state index contributed by atoms with van der Waals surface area (Å²) in [5, 5.41) is 3.23. The molecule has 0 atom stereocenters. The van der Waals surface area contributed by atoms with E-state index in [9.17, 15) is 4.79 Å². The molecule has 0 aliphatic rings. The second kappa shape index (κ2) is 8.72. The fraction of sp³-hybridized carbons (Fsp3) is 0.250.